The summed E-state index contributed by atoms with van der Waals surface area (Å²) in [5.41, 5.74) is -0.527. The third kappa shape index (κ3) is 2.71. The molecule has 1 heterocycles. The normalized spacial score (nSPS) is 28.0. The first-order valence-corrected chi connectivity index (χ1v) is 4.93. The molecular weight excluding hydrogens is 178 g/mol. The van der Waals surface area contributed by atoms with Crippen LogP contribution in [0, 0.1) is 11.3 Å². The number of amides is 1. The number of nitrogens with zero attached hydrogens (tertiary/aromatic N) is 1. The minimum absolute atomic E-state index is 0.101. The molecule has 0 saturated carbocycles. The average molecular weight is 195 g/mol. The van der Waals surface area contributed by atoms with Gasteiger partial charge < -0.3 is 5.32 Å². The highest BCUT2D eigenvalue weighted by Gasteiger charge is 2.29. The summed E-state index contributed by atoms with van der Waals surface area (Å²) in [7, 11) is 0. The first-order valence-electron chi connectivity index (χ1n) is 4.93. The van der Waals surface area contributed by atoms with Crippen LogP contribution >= 0.6 is 0 Å². The number of carbonyl (C=O) groups excluding carboxylic acids is 1. The fraction of sp³-hybridized carbons (Fsp3) is 0.800. The third-order valence-corrected chi connectivity index (χ3v) is 2.50. The van der Waals surface area contributed by atoms with E-state index in [1.165, 1.54) is 0 Å². The maximum Gasteiger partial charge on any atom is 0.220 e. The first kappa shape index (κ1) is 11.0. The van der Waals surface area contributed by atoms with Gasteiger partial charge >= 0.3 is 0 Å². The summed E-state index contributed by atoms with van der Waals surface area (Å²) >= 11 is 0. The molecule has 14 heavy (non-hydrogen) atoms. The molecule has 0 aromatic carbocycles. The summed E-state index contributed by atoms with van der Waals surface area (Å²) < 4.78 is 0. The van der Waals surface area contributed by atoms with Crippen molar-refractivity contribution in [1.82, 2.24) is 10.6 Å². The second kappa shape index (κ2) is 3.97. The Bertz CT molecular complexity index is 267. The number of carbonyl (C=O) groups is 1. The first-order chi connectivity index (χ1) is 6.44. The topological polar surface area (TPSA) is 64.9 Å². The predicted molar refractivity (Wildman–Crippen MR) is 53.5 cm³/mol. The van der Waals surface area contributed by atoms with Crippen LogP contribution in [0.3, 0.4) is 0 Å². The van der Waals surface area contributed by atoms with E-state index >= 15 is 0 Å². The fourth-order valence-corrected chi connectivity index (χ4v) is 1.66. The maximum absolute atomic E-state index is 11.1. The largest absolute Gasteiger partial charge is 0.352 e. The van der Waals surface area contributed by atoms with Gasteiger partial charge in [-0.1, -0.05) is 0 Å². The Kier molecular flexibility index (Phi) is 3.12. The highest BCUT2D eigenvalue weighted by atomic mass is 16.1. The van der Waals surface area contributed by atoms with Crippen molar-refractivity contribution in [2.75, 3.05) is 0 Å². The van der Waals surface area contributed by atoms with Gasteiger partial charge in [-0.15, -0.1) is 0 Å². The van der Waals surface area contributed by atoms with E-state index in [9.17, 15) is 4.79 Å². The van der Waals surface area contributed by atoms with Crippen LogP contribution in [-0.4, -0.2) is 23.5 Å². The summed E-state index contributed by atoms with van der Waals surface area (Å²) in [6.45, 7) is 5.65. The zero-order valence-corrected chi connectivity index (χ0v) is 8.92. The SMILES string of the molecule is CC1NC(=O)CCC1NC(C)(C)C#N. The fourth-order valence-electron chi connectivity index (χ4n) is 1.66. The molecule has 4 heteroatoms. The molecule has 2 unspecified atom stereocenters. The van der Waals surface area contributed by atoms with Gasteiger partial charge in [0.25, 0.3) is 0 Å². The highest BCUT2D eigenvalue weighted by Crippen LogP contribution is 2.13. The summed E-state index contributed by atoms with van der Waals surface area (Å²) in [6.07, 6.45) is 1.35. The van der Waals surface area contributed by atoms with Gasteiger partial charge in [-0.2, -0.15) is 5.26 Å². The summed E-state index contributed by atoms with van der Waals surface area (Å²) in [5, 5.41) is 15.0. The lowest BCUT2D eigenvalue weighted by Crippen LogP contribution is -2.57. The second-order valence-corrected chi connectivity index (χ2v) is 4.38. The van der Waals surface area contributed by atoms with Crippen LogP contribution < -0.4 is 10.6 Å². The van der Waals surface area contributed by atoms with Gasteiger partial charge in [0.05, 0.1) is 6.07 Å². The monoisotopic (exact) mass is 195 g/mol. The third-order valence-electron chi connectivity index (χ3n) is 2.50. The predicted octanol–water partition coefficient (Wildman–Crippen LogP) is 0.545. The van der Waals surface area contributed by atoms with Crippen LogP contribution in [0.2, 0.25) is 0 Å². The summed E-state index contributed by atoms with van der Waals surface area (Å²) in [4.78, 5) is 11.1. The van der Waals surface area contributed by atoms with E-state index in [1.54, 1.807) is 0 Å². The Morgan fingerprint density at radius 3 is 2.79 bits per heavy atom. The Balaban J connectivity index is 2.54. The van der Waals surface area contributed by atoms with Crippen molar-refractivity contribution in [3.05, 3.63) is 0 Å². The van der Waals surface area contributed by atoms with Gasteiger partial charge in [-0.3, -0.25) is 10.1 Å². The number of nitriles is 1. The molecule has 2 atom stereocenters. The Labute approximate surface area is 84.7 Å². The minimum Gasteiger partial charge on any atom is -0.352 e. The van der Waals surface area contributed by atoms with Gasteiger partial charge in [-0.05, 0) is 27.2 Å². The Morgan fingerprint density at radius 2 is 2.29 bits per heavy atom. The highest BCUT2D eigenvalue weighted by molar-refractivity contribution is 5.77. The molecule has 1 fully saturated rings. The zero-order chi connectivity index (χ0) is 10.8. The second-order valence-electron chi connectivity index (χ2n) is 4.38. The van der Waals surface area contributed by atoms with Crippen molar-refractivity contribution in [1.29, 1.82) is 5.26 Å². The van der Waals surface area contributed by atoms with Crippen LogP contribution in [0.25, 0.3) is 0 Å². The molecule has 0 aliphatic carbocycles. The Morgan fingerprint density at radius 1 is 1.64 bits per heavy atom. The number of rotatable bonds is 2. The molecule has 4 nitrogen and oxygen atoms in total. The summed E-state index contributed by atoms with van der Waals surface area (Å²) in [6, 6.07) is 2.49. The van der Waals surface area contributed by atoms with Crippen LogP contribution in [-0.2, 0) is 4.79 Å². The molecule has 78 valence electrons. The molecule has 1 amide bonds. The molecule has 1 aliphatic heterocycles. The van der Waals surface area contributed by atoms with E-state index in [-0.39, 0.29) is 18.0 Å². The molecule has 0 radical (unpaired) electrons. The molecule has 0 aromatic rings. The van der Waals surface area contributed by atoms with Crippen molar-refractivity contribution in [3.8, 4) is 6.07 Å². The number of hydrogen-bond donors (Lipinski definition) is 2. The van der Waals surface area contributed by atoms with Crippen molar-refractivity contribution < 1.29 is 4.79 Å². The lowest BCUT2D eigenvalue weighted by atomic mass is 9.96. The zero-order valence-electron chi connectivity index (χ0n) is 8.92. The van der Waals surface area contributed by atoms with Crippen LogP contribution in [0.1, 0.15) is 33.6 Å². The average Bonchev–Trinajstić information content (AvgIpc) is 2.10. The standard InChI is InChI=1S/C10H17N3O/c1-7-8(4-5-9(14)12-7)13-10(2,3)6-11/h7-8,13H,4-5H2,1-3H3,(H,12,14). The number of piperidine rings is 1. The van der Waals surface area contributed by atoms with Gasteiger partial charge in [0.1, 0.15) is 5.54 Å². The lowest BCUT2D eigenvalue weighted by molar-refractivity contribution is -0.123. The molecule has 1 rings (SSSR count). The van der Waals surface area contributed by atoms with Crippen molar-refractivity contribution in [2.24, 2.45) is 0 Å². The van der Waals surface area contributed by atoms with Crippen molar-refractivity contribution >= 4 is 5.91 Å². The van der Waals surface area contributed by atoms with E-state index in [2.05, 4.69) is 16.7 Å². The molecule has 2 N–H and O–H groups in total. The van der Waals surface area contributed by atoms with Crippen LogP contribution in [0.15, 0.2) is 0 Å². The van der Waals surface area contributed by atoms with Crippen LogP contribution in [0.4, 0.5) is 0 Å². The quantitative estimate of drug-likeness (QED) is 0.676. The molecule has 0 spiro atoms. The molecule has 0 aromatic heterocycles. The van der Waals surface area contributed by atoms with E-state index in [1.807, 2.05) is 20.8 Å². The number of hydrogen-bond acceptors (Lipinski definition) is 3. The molecule has 1 aliphatic rings. The van der Waals surface area contributed by atoms with Crippen molar-refractivity contribution in [2.45, 2.75) is 51.2 Å². The summed E-state index contributed by atoms with van der Waals surface area (Å²) in [5.74, 6) is 0.102. The smallest absolute Gasteiger partial charge is 0.220 e. The van der Waals surface area contributed by atoms with Gasteiger partial charge in [0.15, 0.2) is 0 Å². The van der Waals surface area contributed by atoms with Crippen molar-refractivity contribution in [3.63, 3.8) is 0 Å². The van der Waals surface area contributed by atoms with E-state index in [0.717, 1.165) is 6.42 Å². The molecule has 1 saturated heterocycles. The maximum atomic E-state index is 11.1. The van der Waals surface area contributed by atoms with Gasteiger partial charge in [-0.25, -0.2) is 0 Å². The van der Waals surface area contributed by atoms with E-state index in [4.69, 9.17) is 5.26 Å². The lowest BCUT2D eigenvalue weighted by Gasteiger charge is -2.34. The number of nitrogens with one attached hydrogen (secondary N) is 2. The molecular formula is C10H17N3O. The van der Waals surface area contributed by atoms with Crippen LogP contribution in [0.5, 0.6) is 0 Å². The van der Waals surface area contributed by atoms with Gasteiger partial charge in [0.2, 0.25) is 5.91 Å². The van der Waals surface area contributed by atoms with Gasteiger partial charge in [0, 0.05) is 18.5 Å². The van der Waals surface area contributed by atoms with E-state index in [0.29, 0.717) is 6.42 Å². The van der Waals surface area contributed by atoms with E-state index < -0.39 is 5.54 Å². The minimum atomic E-state index is -0.527. The molecule has 0 bridgehead atoms. The Hall–Kier alpha value is -1.08.